The van der Waals surface area contributed by atoms with Crippen molar-refractivity contribution < 1.29 is 18.0 Å². The van der Waals surface area contributed by atoms with E-state index in [4.69, 9.17) is 11.6 Å². The molecule has 112 valence electrons. The predicted octanol–water partition coefficient (Wildman–Crippen LogP) is 3.88. The topological polar surface area (TPSA) is 29.1 Å². The summed E-state index contributed by atoms with van der Waals surface area (Å²) in [4.78, 5) is 12.1. The van der Waals surface area contributed by atoms with Gasteiger partial charge in [0.15, 0.2) is 0 Å². The van der Waals surface area contributed by atoms with Crippen molar-refractivity contribution in [3.63, 3.8) is 0 Å². The minimum Gasteiger partial charge on any atom is -0.350 e. The zero-order valence-corrected chi connectivity index (χ0v) is 12.1. The fraction of sp³-hybridized carbons (Fsp3) is 0.923. The fourth-order valence-electron chi connectivity index (χ4n) is 2.34. The number of rotatable bonds is 4. The van der Waals surface area contributed by atoms with Gasteiger partial charge in [-0.15, -0.1) is 11.6 Å². The van der Waals surface area contributed by atoms with Crippen LogP contribution >= 0.6 is 11.6 Å². The Morgan fingerprint density at radius 1 is 1.37 bits per heavy atom. The number of alkyl halides is 4. The zero-order valence-electron chi connectivity index (χ0n) is 11.3. The fourth-order valence-corrected chi connectivity index (χ4v) is 2.60. The molecule has 0 radical (unpaired) electrons. The standard InChI is InChI=1S/C13H21ClF3NO/c1-3-12(2,8-14)18-11(19)9-5-4-6-10(7-9)13(15,16)17/h9-10H,3-8H2,1-2H3,(H,18,19). The van der Waals surface area contributed by atoms with Gasteiger partial charge in [0.2, 0.25) is 5.91 Å². The highest BCUT2D eigenvalue weighted by Crippen LogP contribution is 2.40. The Labute approximate surface area is 117 Å². The molecule has 0 aromatic heterocycles. The van der Waals surface area contributed by atoms with Crippen LogP contribution in [0.5, 0.6) is 0 Å². The smallest absolute Gasteiger partial charge is 0.350 e. The first kappa shape index (κ1) is 16.6. The van der Waals surface area contributed by atoms with Crippen LogP contribution < -0.4 is 5.32 Å². The predicted molar refractivity (Wildman–Crippen MR) is 69.1 cm³/mol. The van der Waals surface area contributed by atoms with Crippen molar-refractivity contribution in [1.82, 2.24) is 5.32 Å². The number of hydrogen-bond donors (Lipinski definition) is 1. The molecular formula is C13H21ClF3NO. The number of carbonyl (C=O) groups is 1. The van der Waals surface area contributed by atoms with E-state index < -0.39 is 23.6 Å². The molecule has 0 aromatic carbocycles. The molecule has 0 spiro atoms. The van der Waals surface area contributed by atoms with E-state index >= 15 is 0 Å². The van der Waals surface area contributed by atoms with Gasteiger partial charge in [0, 0.05) is 11.8 Å². The molecule has 1 rings (SSSR count). The van der Waals surface area contributed by atoms with Crippen molar-refractivity contribution in [2.75, 3.05) is 5.88 Å². The highest BCUT2D eigenvalue weighted by Gasteiger charge is 2.44. The van der Waals surface area contributed by atoms with Crippen molar-refractivity contribution >= 4 is 17.5 Å². The van der Waals surface area contributed by atoms with Crippen LogP contribution in [0.15, 0.2) is 0 Å². The molecule has 1 amide bonds. The lowest BCUT2D eigenvalue weighted by Crippen LogP contribution is -2.50. The van der Waals surface area contributed by atoms with Crippen LogP contribution in [-0.4, -0.2) is 23.5 Å². The van der Waals surface area contributed by atoms with Crippen LogP contribution in [0.2, 0.25) is 0 Å². The molecule has 1 aliphatic carbocycles. The van der Waals surface area contributed by atoms with Crippen molar-refractivity contribution in [2.24, 2.45) is 11.8 Å². The highest BCUT2D eigenvalue weighted by atomic mass is 35.5. The molecule has 0 heterocycles. The summed E-state index contributed by atoms with van der Waals surface area (Å²) >= 11 is 5.80. The van der Waals surface area contributed by atoms with Crippen LogP contribution in [0, 0.1) is 11.8 Å². The summed E-state index contributed by atoms with van der Waals surface area (Å²) in [6.07, 6.45) is -2.53. The minimum atomic E-state index is -4.19. The normalized spacial score (nSPS) is 27.7. The molecule has 3 atom stereocenters. The van der Waals surface area contributed by atoms with Gasteiger partial charge >= 0.3 is 6.18 Å². The molecule has 1 fully saturated rings. The number of hydrogen-bond acceptors (Lipinski definition) is 1. The lowest BCUT2D eigenvalue weighted by atomic mass is 9.80. The van der Waals surface area contributed by atoms with E-state index in [9.17, 15) is 18.0 Å². The summed E-state index contributed by atoms with van der Waals surface area (Å²) < 4.78 is 38.1. The molecule has 0 saturated heterocycles. The average molecular weight is 300 g/mol. The Morgan fingerprint density at radius 3 is 2.47 bits per heavy atom. The second-order valence-electron chi connectivity index (χ2n) is 5.64. The van der Waals surface area contributed by atoms with Crippen molar-refractivity contribution in [2.45, 2.75) is 57.7 Å². The number of carbonyl (C=O) groups excluding carboxylic acids is 1. The quantitative estimate of drug-likeness (QED) is 0.784. The van der Waals surface area contributed by atoms with Crippen LogP contribution in [0.4, 0.5) is 13.2 Å². The zero-order chi connectivity index (χ0) is 14.7. The summed E-state index contributed by atoms with van der Waals surface area (Å²) in [5, 5.41) is 2.80. The van der Waals surface area contributed by atoms with Gasteiger partial charge < -0.3 is 5.32 Å². The van der Waals surface area contributed by atoms with E-state index in [1.54, 1.807) is 0 Å². The Morgan fingerprint density at radius 2 is 2.00 bits per heavy atom. The molecule has 0 aliphatic heterocycles. The van der Waals surface area contributed by atoms with Crippen molar-refractivity contribution in [3.05, 3.63) is 0 Å². The Bertz CT molecular complexity index is 316. The summed E-state index contributed by atoms with van der Waals surface area (Å²) in [6, 6.07) is 0. The van der Waals surface area contributed by atoms with E-state index in [-0.39, 0.29) is 24.6 Å². The maximum atomic E-state index is 12.7. The van der Waals surface area contributed by atoms with Gasteiger partial charge in [-0.05, 0) is 32.6 Å². The molecular weight excluding hydrogens is 279 g/mol. The number of halogens is 4. The second kappa shape index (κ2) is 6.33. The van der Waals surface area contributed by atoms with Crippen molar-refractivity contribution in [3.8, 4) is 0 Å². The first-order valence-corrected chi connectivity index (χ1v) is 7.20. The maximum absolute atomic E-state index is 12.7. The third-order valence-corrected chi connectivity index (χ3v) is 4.60. The average Bonchev–Trinajstić information content (AvgIpc) is 2.37. The summed E-state index contributed by atoms with van der Waals surface area (Å²) in [6.45, 7) is 3.70. The SMILES string of the molecule is CCC(C)(CCl)NC(=O)C1CCCC(C(F)(F)F)C1. The molecule has 2 nitrogen and oxygen atoms in total. The molecule has 6 heteroatoms. The van der Waals surface area contributed by atoms with Crippen LogP contribution in [0.1, 0.15) is 46.0 Å². The molecule has 0 aromatic rings. The second-order valence-corrected chi connectivity index (χ2v) is 5.91. The molecule has 1 aliphatic rings. The van der Waals surface area contributed by atoms with Gasteiger partial charge in [-0.25, -0.2) is 0 Å². The lowest BCUT2D eigenvalue weighted by Gasteiger charge is -2.33. The van der Waals surface area contributed by atoms with Gasteiger partial charge in [0.1, 0.15) is 0 Å². The summed E-state index contributed by atoms with van der Waals surface area (Å²) in [7, 11) is 0. The molecule has 3 unspecified atom stereocenters. The number of amides is 1. The van der Waals surface area contributed by atoms with Crippen LogP contribution in [0.3, 0.4) is 0 Å². The third-order valence-electron chi connectivity index (χ3n) is 4.01. The third kappa shape index (κ3) is 4.55. The molecule has 1 saturated carbocycles. The minimum absolute atomic E-state index is 0.0998. The van der Waals surface area contributed by atoms with Crippen LogP contribution in [0.25, 0.3) is 0 Å². The monoisotopic (exact) mass is 299 g/mol. The van der Waals surface area contributed by atoms with E-state index in [0.29, 0.717) is 19.3 Å². The highest BCUT2D eigenvalue weighted by molar-refractivity contribution is 6.18. The lowest BCUT2D eigenvalue weighted by molar-refractivity contribution is -0.186. The van der Waals surface area contributed by atoms with E-state index in [2.05, 4.69) is 5.32 Å². The largest absolute Gasteiger partial charge is 0.391 e. The maximum Gasteiger partial charge on any atom is 0.391 e. The Kier molecular flexibility index (Phi) is 5.53. The van der Waals surface area contributed by atoms with Gasteiger partial charge in [0.05, 0.1) is 11.5 Å². The molecule has 0 bridgehead atoms. The summed E-state index contributed by atoms with van der Waals surface area (Å²) in [5.41, 5.74) is -0.538. The van der Waals surface area contributed by atoms with Crippen molar-refractivity contribution in [1.29, 1.82) is 0 Å². The first-order chi connectivity index (χ1) is 8.72. The van der Waals surface area contributed by atoms with E-state index in [0.717, 1.165) is 0 Å². The summed E-state index contributed by atoms with van der Waals surface area (Å²) in [5.74, 6) is -1.93. The molecule has 19 heavy (non-hydrogen) atoms. The van der Waals surface area contributed by atoms with Gasteiger partial charge in [-0.2, -0.15) is 13.2 Å². The van der Waals surface area contributed by atoms with Gasteiger partial charge in [-0.1, -0.05) is 13.3 Å². The van der Waals surface area contributed by atoms with Gasteiger partial charge in [0.25, 0.3) is 0 Å². The van der Waals surface area contributed by atoms with Gasteiger partial charge in [-0.3, -0.25) is 4.79 Å². The Hall–Kier alpha value is -0.450. The van der Waals surface area contributed by atoms with E-state index in [1.165, 1.54) is 0 Å². The number of nitrogens with one attached hydrogen (secondary N) is 1. The molecule has 1 N–H and O–H groups in total. The van der Waals surface area contributed by atoms with Crippen LogP contribution in [-0.2, 0) is 4.79 Å². The Balaban J connectivity index is 2.62. The first-order valence-electron chi connectivity index (χ1n) is 6.66. The van der Waals surface area contributed by atoms with E-state index in [1.807, 2.05) is 13.8 Å².